The van der Waals surface area contributed by atoms with Crippen LogP contribution in [-0.4, -0.2) is 42.5 Å². The van der Waals surface area contributed by atoms with Gasteiger partial charge in [0.05, 0.1) is 0 Å². The number of nitrogens with one attached hydrogen (secondary N) is 1. The van der Waals surface area contributed by atoms with Gasteiger partial charge < -0.3 is 20.7 Å². The van der Waals surface area contributed by atoms with Crippen molar-refractivity contribution in [3.05, 3.63) is 29.8 Å². The molecule has 132 valence electrons. The number of benzene rings is 1. The molecule has 1 fully saturated rings. The molecule has 0 spiro atoms. The van der Waals surface area contributed by atoms with Crippen LogP contribution in [0.25, 0.3) is 0 Å². The zero-order chi connectivity index (χ0) is 17.5. The fraction of sp³-hybridized carbons (Fsp3) is 0.556. The Labute approximate surface area is 143 Å². The zero-order valence-corrected chi connectivity index (χ0v) is 14.5. The molecule has 0 bridgehead atoms. The number of hydrogen-bond acceptors (Lipinski definition) is 4. The first-order valence-corrected chi connectivity index (χ1v) is 8.50. The van der Waals surface area contributed by atoms with Gasteiger partial charge in [0.2, 0.25) is 5.91 Å². The van der Waals surface area contributed by atoms with Gasteiger partial charge in [0.15, 0.2) is 6.61 Å². The van der Waals surface area contributed by atoms with Gasteiger partial charge in [-0.3, -0.25) is 9.59 Å². The van der Waals surface area contributed by atoms with Crippen molar-refractivity contribution in [2.75, 3.05) is 19.7 Å². The highest BCUT2D eigenvalue weighted by atomic mass is 16.5. The van der Waals surface area contributed by atoms with Crippen LogP contribution in [-0.2, 0) is 16.1 Å². The van der Waals surface area contributed by atoms with Crippen molar-refractivity contribution in [3.63, 3.8) is 0 Å². The van der Waals surface area contributed by atoms with Gasteiger partial charge in [-0.2, -0.15) is 0 Å². The maximum atomic E-state index is 11.8. The third-order valence-electron chi connectivity index (χ3n) is 4.43. The summed E-state index contributed by atoms with van der Waals surface area (Å²) in [7, 11) is 0. The average Bonchev–Trinajstić information content (AvgIpc) is 2.59. The number of nitrogens with two attached hydrogens (primary N) is 1. The molecular formula is C18H27N3O3. The van der Waals surface area contributed by atoms with Gasteiger partial charge in [0.1, 0.15) is 5.75 Å². The molecule has 1 aliphatic heterocycles. The first kappa shape index (κ1) is 18.3. The lowest BCUT2D eigenvalue weighted by Crippen LogP contribution is -2.49. The molecule has 6 heteroatoms. The first-order chi connectivity index (χ1) is 11.5. The van der Waals surface area contributed by atoms with Crippen LogP contribution in [0, 0.1) is 5.92 Å². The van der Waals surface area contributed by atoms with E-state index in [0.29, 0.717) is 24.1 Å². The second kappa shape index (κ2) is 8.68. The Kier molecular flexibility index (Phi) is 6.61. The van der Waals surface area contributed by atoms with E-state index in [0.717, 1.165) is 31.6 Å². The number of piperidine rings is 1. The van der Waals surface area contributed by atoms with Crippen molar-refractivity contribution in [2.45, 2.75) is 39.3 Å². The standard InChI is InChI=1S/C18H27N3O3/c1-3-18(23)21-9-8-16(13(2)11-21)20-10-14-4-6-15(7-5-14)24-12-17(19)22/h4-7,13,16,20H,3,8-12H2,1-2H3,(H2,19,22). The highest BCUT2D eigenvalue weighted by Gasteiger charge is 2.27. The van der Waals surface area contributed by atoms with Crippen LogP contribution in [0.4, 0.5) is 0 Å². The summed E-state index contributed by atoms with van der Waals surface area (Å²) < 4.78 is 5.25. The number of hydrogen-bond donors (Lipinski definition) is 2. The van der Waals surface area contributed by atoms with Gasteiger partial charge in [-0.25, -0.2) is 0 Å². The second-order valence-corrected chi connectivity index (χ2v) is 6.35. The van der Waals surface area contributed by atoms with E-state index in [4.69, 9.17) is 10.5 Å². The quantitative estimate of drug-likeness (QED) is 0.787. The minimum absolute atomic E-state index is 0.107. The van der Waals surface area contributed by atoms with Crippen molar-refractivity contribution < 1.29 is 14.3 Å². The van der Waals surface area contributed by atoms with Gasteiger partial charge >= 0.3 is 0 Å². The molecular weight excluding hydrogens is 306 g/mol. The minimum Gasteiger partial charge on any atom is -0.484 e. The molecule has 1 aromatic carbocycles. The smallest absolute Gasteiger partial charge is 0.255 e. The SMILES string of the molecule is CCC(=O)N1CCC(NCc2ccc(OCC(N)=O)cc2)C(C)C1. The normalized spacial score (nSPS) is 20.7. The third-order valence-corrected chi connectivity index (χ3v) is 4.43. The lowest BCUT2D eigenvalue weighted by Gasteiger charge is -2.37. The molecule has 2 amide bonds. The fourth-order valence-electron chi connectivity index (χ4n) is 3.01. The molecule has 0 saturated carbocycles. The van der Waals surface area contributed by atoms with Crippen LogP contribution in [0.3, 0.4) is 0 Å². The van der Waals surface area contributed by atoms with Crippen LogP contribution in [0.1, 0.15) is 32.3 Å². The van der Waals surface area contributed by atoms with Gasteiger partial charge in [-0.1, -0.05) is 26.0 Å². The van der Waals surface area contributed by atoms with Crippen molar-refractivity contribution in [3.8, 4) is 5.75 Å². The maximum Gasteiger partial charge on any atom is 0.255 e. The predicted molar refractivity (Wildman–Crippen MR) is 92.4 cm³/mol. The number of ether oxygens (including phenoxy) is 1. The van der Waals surface area contributed by atoms with Crippen molar-refractivity contribution in [1.82, 2.24) is 10.2 Å². The van der Waals surface area contributed by atoms with Crippen molar-refractivity contribution in [2.24, 2.45) is 11.7 Å². The van der Waals surface area contributed by atoms with Gasteiger partial charge in [0.25, 0.3) is 5.91 Å². The van der Waals surface area contributed by atoms with Crippen molar-refractivity contribution in [1.29, 1.82) is 0 Å². The Balaban J connectivity index is 1.79. The molecule has 2 unspecified atom stereocenters. The zero-order valence-electron chi connectivity index (χ0n) is 14.5. The molecule has 0 aromatic heterocycles. The molecule has 6 nitrogen and oxygen atoms in total. The molecule has 1 aromatic rings. The van der Waals surface area contributed by atoms with Crippen LogP contribution >= 0.6 is 0 Å². The van der Waals surface area contributed by atoms with E-state index in [-0.39, 0.29) is 12.5 Å². The summed E-state index contributed by atoms with van der Waals surface area (Å²) >= 11 is 0. The number of nitrogens with zero attached hydrogens (tertiary/aromatic N) is 1. The van der Waals surface area contributed by atoms with Crippen LogP contribution < -0.4 is 15.8 Å². The van der Waals surface area contributed by atoms with E-state index in [1.54, 1.807) is 0 Å². The van der Waals surface area contributed by atoms with Crippen LogP contribution in [0.5, 0.6) is 5.75 Å². The largest absolute Gasteiger partial charge is 0.484 e. The van der Waals surface area contributed by atoms with Crippen LogP contribution in [0.2, 0.25) is 0 Å². The summed E-state index contributed by atoms with van der Waals surface area (Å²) in [6.45, 7) is 6.41. The fourth-order valence-corrected chi connectivity index (χ4v) is 3.01. The molecule has 2 rings (SSSR count). The topological polar surface area (TPSA) is 84.7 Å². The molecule has 2 atom stereocenters. The lowest BCUT2D eigenvalue weighted by atomic mass is 9.93. The highest BCUT2D eigenvalue weighted by molar-refractivity contribution is 5.76. The summed E-state index contributed by atoms with van der Waals surface area (Å²) in [5.41, 5.74) is 6.21. The molecule has 1 heterocycles. The number of carbonyl (C=O) groups excluding carboxylic acids is 2. The number of carbonyl (C=O) groups is 2. The third kappa shape index (κ3) is 5.23. The summed E-state index contributed by atoms with van der Waals surface area (Å²) in [6.07, 6.45) is 1.56. The van der Waals surface area contributed by atoms with Gasteiger partial charge in [-0.05, 0) is 30.0 Å². The summed E-state index contributed by atoms with van der Waals surface area (Å²) in [5, 5.41) is 3.58. The summed E-state index contributed by atoms with van der Waals surface area (Å²) in [6, 6.07) is 8.04. The molecule has 0 radical (unpaired) electrons. The van der Waals surface area contributed by atoms with Gasteiger partial charge in [-0.15, -0.1) is 0 Å². The minimum atomic E-state index is -0.484. The van der Waals surface area contributed by atoms with E-state index >= 15 is 0 Å². The van der Waals surface area contributed by atoms with Crippen LogP contribution in [0.15, 0.2) is 24.3 Å². The monoisotopic (exact) mass is 333 g/mol. The number of rotatable bonds is 7. The number of amides is 2. The number of primary amides is 1. The van der Waals surface area contributed by atoms with Gasteiger partial charge in [0, 0.05) is 32.1 Å². The van der Waals surface area contributed by atoms with E-state index < -0.39 is 5.91 Å². The Hall–Kier alpha value is -2.08. The van der Waals surface area contributed by atoms with E-state index in [2.05, 4.69) is 12.2 Å². The molecule has 0 aliphatic carbocycles. The summed E-state index contributed by atoms with van der Waals surface area (Å²) in [4.78, 5) is 24.5. The van der Waals surface area contributed by atoms with E-state index in [1.165, 1.54) is 0 Å². The Morgan fingerprint density at radius 2 is 2.04 bits per heavy atom. The maximum absolute atomic E-state index is 11.8. The Bertz CT molecular complexity index is 559. The predicted octanol–water partition coefficient (Wildman–Crippen LogP) is 1.29. The molecule has 1 aliphatic rings. The Morgan fingerprint density at radius 1 is 1.33 bits per heavy atom. The highest BCUT2D eigenvalue weighted by Crippen LogP contribution is 2.19. The summed E-state index contributed by atoms with van der Waals surface area (Å²) in [5.74, 6) is 0.833. The number of likely N-dealkylation sites (tertiary alicyclic amines) is 1. The van der Waals surface area contributed by atoms with E-state index in [1.807, 2.05) is 36.1 Å². The van der Waals surface area contributed by atoms with E-state index in [9.17, 15) is 9.59 Å². The average molecular weight is 333 g/mol. The molecule has 3 N–H and O–H groups in total. The van der Waals surface area contributed by atoms with Crippen molar-refractivity contribution >= 4 is 11.8 Å². The Morgan fingerprint density at radius 3 is 2.62 bits per heavy atom. The molecule has 24 heavy (non-hydrogen) atoms. The lowest BCUT2D eigenvalue weighted by molar-refractivity contribution is -0.132. The second-order valence-electron chi connectivity index (χ2n) is 6.35. The molecule has 1 saturated heterocycles. The first-order valence-electron chi connectivity index (χ1n) is 8.50.